The normalized spacial score (nSPS) is 18.8. The third-order valence-electron chi connectivity index (χ3n) is 4.48. The fraction of sp³-hybridized carbons (Fsp3) is 0.533. The third-order valence-corrected chi connectivity index (χ3v) is 4.48. The van der Waals surface area contributed by atoms with Crippen LogP contribution < -0.4 is 5.73 Å². The highest BCUT2D eigenvalue weighted by Gasteiger charge is 2.52. The summed E-state index contributed by atoms with van der Waals surface area (Å²) in [7, 11) is 0. The zero-order valence-corrected chi connectivity index (χ0v) is 11.9. The van der Waals surface area contributed by atoms with Gasteiger partial charge in [-0.05, 0) is 55.5 Å². The number of carbonyl (C=O) groups is 1. The molecule has 19 heavy (non-hydrogen) atoms. The second-order valence-corrected chi connectivity index (χ2v) is 5.61. The molecular weight excluding hydrogens is 242 g/mol. The van der Waals surface area contributed by atoms with Gasteiger partial charge >= 0.3 is 5.97 Å². The van der Waals surface area contributed by atoms with E-state index in [-0.39, 0.29) is 13.2 Å². The van der Waals surface area contributed by atoms with Gasteiger partial charge in [0.1, 0.15) is 5.41 Å². The highest BCUT2D eigenvalue weighted by Crippen LogP contribution is 2.42. The standard InChI is InChI=1S/C15H21NO3/c1-8-5-9(2)11(4)12(10(8)3)13(16)15(14(17)18)6-19-7-15/h5,13H,6-7,16H2,1-4H3,(H,17,18). The number of benzene rings is 1. The Hall–Kier alpha value is -1.39. The molecular formula is C15H21NO3. The Morgan fingerprint density at radius 2 is 1.74 bits per heavy atom. The molecule has 1 unspecified atom stereocenters. The number of aryl methyl sites for hydroxylation is 2. The maximum atomic E-state index is 11.6. The fourth-order valence-electron chi connectivity index (χ4n) is 2.75. The van der Waals surface area contributed by atoms with E-state index in [1.54, 1.807) is 0 Å². The predicted molar refractivity (Wildman–Crippen MR) is 73.2 cm³/mol. The number of hydrogen-bond acceptors (Lipinski definition) is 3. The Labute approximate surface area is 113 Å². The van der Waals surface area contributed by atoms with Crippen LogP contribution in [0.2, 0.25) is 0 Å². The number of ether oxygens (including phenoxy) is 1. The van der Waals surface area contributed by atoms with E-state index in [1.807, 2.05) is 27.7 Å². The minimum absolute atomic E-state index is 0.190. The molecule has 4 heteroatoms. The molecule has 104 valence electrons. The average Bonchev–Trinajstić information content (AvgIpc) is 2.24. The van der Waals surface area contributed by atoms with Gasteiger partial charge in [-0.3, -0.25) is 4.79 Å². The molecule has 0 aromatic heterocycles. The maximum absolute atomic E-state index is 11.6. The minimum atomic E-state index is -0.976. The van der Waals surface area contributed by atoms with E-state index in [9.17, 15) is 9.90 Å². The SMILES string of the molecule is Cc1cc(C)c(C)c(C(N)C2(C(=O)O)COC2)c1C. The Balaban J connectivity index is 2.56. The van der Waals surface area contributed by atoms with Gasteiger partial charge in [-0.15, -0.1) is 0 Å². The van der Waals surface area contributed by atoms with Crippen molar-refractivity contribution >= 4 is 5.97 Å². The molecule has 4 nitrogen and oxygen atoms in total. The van der Waals surface area contributed by atoms with Crippen molar-refractivity contribution in [3.63, 3.8) is 0 Å². The second kappa shape index (κ2) is 4.62. The smallest absolute Gasteiger partial charge is 0.316 e. The number of aliphatic carboxylic acids is 1. The average molecular weight is 263 g/mol. The van der Waals surface area contributed by atoms with Crippen LogP contribution >= 0.6 is 0 Å². The van der Waals surface area contributed by atoms with E-state index in [1.165, 1.54) is 0 Å². The summed E-state index contributed by atoms with van der Waals surface area (Å²) in [6.07, 6.45) is 0. The molecule has 1 aromatic rings. The van der Waals surface area contributed by atoms with Crippen molar-refractivity contribution < 1.29 is 14.6 Å². The lowest BCUT2D eigenvalue weighted by Crippen LogP contribution is -2.56. The molecule has 1 heterocycles. The fourth-order valence-corrected chi connectivity index (χ4v) is 2.75. The molecule has 2 rings (SSSR count). The first-order chi connectivity index (χ1) is 8.81. The molecule has 0 saturated carbocycles. The molecule has 0 amide bonds. The van der Waals surface area contributed by atoms with Crippen LogP contribution in [0.15, 0.2) is 6.07 Å². The molecule has 1 atom stereocenters. The highest BCUT2D eigenvalue weighted by atomic mass is 16.5. The van der Waals surface area contributed by atoms with Gasteiger partial charge in [0.2, 0.25) is 0 Å². The van der Waals surface area contributed by atoms with Crippen LogP contribution in [0.4, 0.5) is 0 Å². The van der Waals surface area contributed by atoms with Gasteiger partial charge in [0.05, 0.1) is 19.3 Å². The Bertz CT molecular complexity index is 506. The van der Waals surface area contributed by atoms with Crippen LogP contribution in [0, 0.1) is 33.1 Å². The van der Waals surface area contributed by atoms with E-state index in [0.717, 1.165) is 27.8 Å². The van der Waals surface area contributed by atoms with Gasteiger partial charge < -0.3 is 15.6 Å². The molecule has 0 aliphatic carbocycles. The van der Waals surface area contributed by atoms with Gasteiger partial charge in [-0.25, -0.2) is 0 Å². The highest BCUT2D eigenvalue weighted by molar-refractivity contribution is 5.77. The lowest BCUT2D eigenvalue weighted by Gasteiger charge is -2.43. The van der Waals surface area contributed by atoms with Gasteiger partial charge in [0.25, 0.3) is 0 Å². The number of nitrogens with two attached hydrogens (primary N) is 1. The largest absolute Gasteiger partial charge is 0.481 e. The first-order valence-electron chi connectivity index (χ1n) is 6.45. The van der Waals surface area contributed by atoms with E-state index >= 15 is 0 Å². The molecule has 1 aliphatic heterocycles. The third kappa shape index (κ3) is 1.95. The van der Waals surface area contributed by atoms with E-state index in [0.29, 0.717) is 0 Å². The summed E-state index contributed by atoms with van der Waals surface area (Å²) < 4.78 is 5.12. The minimum Gasteiger partial charge on any atom is -0.481 e. The van der Waals surface area contributed by atoms with Crippen molar-refractivity contribution in [2.45, 2.75) is 33.7 Å². The quantitative estimate of drug-likeness (QED) is 0.875. The van der Waals surface area contributed by atoms with Crippen LogP contribution in [0.1, 0.15) is 33.9 Å². The first-order valence-corrected chi connectivity index (χ1v) is 6.45. The lowest BCUT2D eigenvalue weighted by molar-refractivity contribution is -0.184. The van der Waals surface area contributed by atoms with Gasteiger partial charge in [-0.1, -0.05) is 6.07 Å². The van der Waals surface area contributed by atoms with E-state index < -0.39 is 17.4 Å². The van der Waals surface area contributed by atoms with Crippen molar-refractivity contribution in [3.05, 3.63) is 33.9 Å². The molecule has 1 fully saturated rings. The topological polar surface area (TPSA) is 72.6 Å². The monoisotopic (exact) mass is 263 g/mol. The summed E-state index contributed by atoms with van der Waals surface area (Å²) in [5.41, 5.74) is 10.8. The maximum Gasteiger partial charge on any atom is 0.316 e. The zero-order valence-electron chi connectivity index (χ0n) is 11.9. The Morgan fingerprint density at radius 3 is 2.05 bits per heavy atom. The summed E-state index contributed by atoms with van der Waals surface area (Å²) in [6, 6.07) is 1.59. The van der Waals surface area contributed by atoms with Crippen molar-refractivity contribution in [1.82, 2.24) is 0 Å². The van der Waals surface area contributed by atoms with Crippen LogP contribution in [-0.4, -0.2) is 24.3 Å². The van der Waals surface area contributed by atoms with Crippen LogP contribution in [0.3, 0.4) is 0 Å². The van der Waals surface area contributed by atoms with Crippen molar-refractivity contribution in [1.29, 1.82) is 0 Å². The number of carboxylic acid groups (broad SMARTS) is 1. The van der Waals surface area contributed by atoms with Crippen molar-refractivity contribution in [2.75, 3.05) is 13.2 Å². The zero-order chi connectivity index (χ0) is 14.4. The molecule has 1 aliphatic rings. The van der Waals surface area contributed by atoms with Gasteiger partial charge in [0.15, 0.2) is 0 Å². The van der Waals surface area contributed by atoms with Crippen molar-refractivity contribution in [2.24, 2.45) is 11.1 Å². The summed E-state index contributed by atoms with van der Waals surface area (Å²) in [6.45, 7) is 8.45. The van der Waals surface area contributed by atoms with Crippen LogP contribution in [0.5, 0.6) is 0 Å². The Morgan fingerprint density at radius 1 is 1.26 bits per heavy atom. The number of hydrogen-bond donors (Lipinski definition) is 2. The predicted octanol–water partition coefficient (Wildman–Crippen LogP) is 2.02. The van der Waals surface area contributed by atoms with Gasteiger partial charge in [0, 0.05) is 0 Å². The summed E-state index contributed by atoms with van der Waals surface area (Å²) in [5, 5.41) is 9.48. The molecule has 1 saturated heterocycles. The summed E-state index contributed by atoms with van der Waals surface area (Å²) in [5.74, 6) is -0.871. The molecule has 3 N–H and O–H groups in total. The molecule has 1 aromatic carbocycles. The van der Waals surface area contributed by atoms with Gasteiger partial charge in [-0.2, -0.15) is 0 Å². The molecule has 0 bridgehead atoms. The molecule has 0 spiro atoms. The van der Waals surface area contributed by atoms with Crippen molar-refractivity contribution in [3.8, 4) is 0 Å². The second-order valence-electron chi connectivity index (χ2n) is 5.61. The van der Waals surface area contributed by atoms with E-state index in [4.69, 9.17) is 10.5 Å². The van der Waals surface area contributed by atoms with E-state index in [2.05, 4.69) is 6.07 Å². The van der Waals surface area contributed by atoms with Crippen LogP contribution in [0.25, 0.3) is 0 Å². The number of rotatable bonds is 3. The van der Waals surface area contributed by atoms with Crippen LogP contribution in [-0.2, 0) is 9.53 Å². The molecule has 0 radical (unpaired) electrons. The Kier molecular flexibility index (Phi) is 3.41. The summed E-state index contributed by atoms with van der Waals surface area (Å²) in [4.78, 5) is 11.6. The lowest BCUT2D eigenvalue weighted by atomic mass is 9.72. The summed E-state index contributed by atoms with van der Waals surface area (Å²) >= 11 is 0. The first kappa shape index (κ1) is 14.0. The number of carboxylic acids is 1.